The van der Waals surface area contributed by atoms with Crippen molar-refractivity contribution in [3.63, 3.8) is 0 Å². The maximum atomic E-state index is 4.66. The highest BCUT2D eigenvalue weighted by atomic mass is 15.3. The van der Waals surface area contributed by atoms with Gasteiger partial charge in [0, 0.05) is 17.9 Å². The maximum Gasteiger partial charge on any atom is 0.249 e. The first-order valence-corrected chi connectivity index (χ1v) is 8.11. The summed E-state index contributed by atoms with van der Waals surface area (Å²) in [5, 5.41) is 11.6. The van der Waals surface area contributed by atoms with Crippen LogP contribution in [-0.2, 0) is 6.42 Å². The van der Waals surface area contributed by atoms with Crippen molar-refractivity contribution in [2.45, 2.75) is 20.3 Å². The molecule has 5 nitrogen and oxygen atoms in total. The molecule has 0 unspecified atom stereocenters. The van der Waals surface area contributed by atoms with Crippen molar-refractivity contribution in [2.24, 2.45) is 0 Å². The Bertz CT molecular complexity index is 890. The summed E-state index contributed by atoms with van der Waals surface area (Å²) in [5.74, 6) is 1.34. The van der Waals surface area contributed by atoms with Crippen LogP contribution in [0, 0.1) is 13.8 Å². The van der Waals surface area contributed by atoms with Crippen LogP contribution in [0.3, 0.4) is 0 Å². The van der Waals surface area contributed by atoms with E-state index in [1.54, 1.807) is 6.20 Å². The second kappa shape index (κ2) is 5.92. The Morgan fingerprint density at radius 2 is 1.92 bits per heavy atom. The molecule has 0 atom stereocenters. The zero-order valence-electron chi connectivity index (χ0n) is 13.8. The van der Waals surface area contributed by atoms with Gasteiger partial charge in [0.2, 0.25) is 5.95 Å². The van der Waals surface area contributed by atoms with E-state index in [4.69, 9.17) is 0 Å². The Balaban J connectivity index is 1.64. The first kappa shape index (κ1) is 14.6. The third-order valence-electron chi connectivity index (χ3n) is 4.56. The van der Waals surface area contributed by atoms with E-state index in [2.05, 4.69) is 69.6 Å². The van der Waals surface area contributed by atoms with E-state index in [0.717, 1.165) is 24.5 Å². The molecule has 0 saturated heterocycles. The number of aryl methyl sites for hydroxylation is 1. The summed E-state index contributed by atoms with van der Waals surface area (Å²) < 4.78 is 0. The molecule has 0 bridgehead atoms. The van der Waals surface area contributed by atoms with Gasteiger partial charge < -0.3 is 10.2 Å². The number of rotatable bonds is 3. The number of anilines is 4. The van der Waals surface area contributed by atoms with Crippen LogP contribution in [0.5, 0.6) is 0 Å². The molecule has 2 aromatic carbocycles. The minimum Gasteiger partial charge on any atom is -0.324 e. The van der Waals surface area contributed by atoms with E-state index in [9.17, 15) is 0 Å². The van der Waals surface area contributed by atoms with Crippen molar-refractivity contribution in [1.82, 2.24) is 15.2 Å². The second-order valence-corrected chi connectivity index (χ2v) is 6.04. The van der Waals surface area contributed by atoms with E-state index < -0.39 is 0 Å². The Morgan fingerprint density at radius 1 is 1.04 bits per heavy atom. The van der Waals surface area contributed by atoms with E-state index in [-0.39, 0.29) is 0 Å². The van der Waals surface area contributed by atoms with Crippen molar-refractivity contribution in [2.75, 3.05) is 16.8 Å². The van der Waals surface area contributed by atoms with E-state index >= 15 is 0 Å². The van der Waals surface area contributed by atoms with Crippen LogP contribution >= 0.6 is 0 Å². The first-order chi connectivity index (χ1) is 11.7. The van der Waals surface area contributed by atoms with E-state index in [1.165, 1.54) is 22.4 Å². The minimum atomic E-state index is 0.519. The van der Waals surface area contributed by atoms with Gasteiger partial charge in [0.25, 0.3) is 0 Å². The van der Waals surface area contributed by atoms with Crippen molar-refractivity contribution in [1.29, 1.82) is 0 Å². The summed E-state index contributed by atoms with van der Waals surface area (Å²) in [6.45, 7) is 5.10. The zero-order chi connectivity index (χ0) is 16.5. The van der Waals surface area contributed by atoms with Gasteiger partial charge in [-0.2, -0.15) is 10.1 Å². The van der Waals surface area contributed by atoms with Gasteiger partial charge >= 0.3 is 0 Å². The number of hydrogen-bond donors (Lipinski definition) is 1. The molecule has 0 amide bonds. The number of benzene rings is 2. The molecule has 120 valence electrons. The molecule has 0 fully saturated rings. The van der Waals surface area contributed by atoms with Gasteiger partial charge in [-0.1, -0.05) is 30.3 Å². The number of para-hydroxylation sites is 1. The van der Waals surface area contributed by atoms with Crippen LogP contribution in [0.4, 0.5) is 23.1 Å². The standard InChI is InChI=1S/C19H19N5/c1-13-6-5-8-16(14(13)2)21-19-22-18(12-20-23-19)24-11-10-15-7-3-4-9-17(15)24/h3-9,12H,10-11H2,1-2H3,(H,21,22,23). The van der Waals surface area contributed by atoms with Gasteiger partial charge in [0.15, 0.2) is 5.82 Å². The third-order valence-corrected chi connectivity index (χ3v) is 4.56. The van der Waals surface area contributed by atoms with Crippen LogP contribution in [0.25, 0.3) is 0 Å². The highest BCUT2D eigenvalue weighted by Gasteiger charge is 2.21. The SMILES string of the molecule is Cc1cccc(Nc2nncc(N3CCc4ccccc43)n2)c1C. The quantitative estimate of drug-likeness (QED) is 0.793. The number of hydrogen-bond acceptors (Lipinski definition) is 5. The summed E-state index contributed by atoms with van der Waals surface area (Å²) >= 11 is 0. The molecule has 4 rings (SSSR count). The Kier molecular flexibility index (Phi) is 3.61. The lowest BCUT2D eigenvalue weighted by Crippen LogP contribution is -2.16. The molecule has 0 spiro atoms. The van der Waals surface area contributed by atoms with E-state index in [0.29, 0.717) is 5.95 Å². The van der Waals surface area contributed by atoms with Crippen LogP contribution in [0.15, 0.2) is 48.7 Å². The highest BCUT2D eigenvalue weighted by Crippen LogP contribution is 2.33. The zero-order valence-corrected chi connectivity index (χ0v) is 13.8. The topological polar surface area (TPSA) is 53.9 Å². The van der Waals surface area contributed by atoms with Gasteiger partial charge in [-0.3, -0.25) is 0 Å². The number of nitrogens with zero attached hydrogens (tertiary/aromatic N) is 4. The predicted octanol–water partition coefficient (Wildman–Crippen LogP) is 3.93. The molecule has 24 heavy (non-hydrogen) atoms. The fourth-order valence-electron chi connectivity index (χ4n) is 3.06. The summed E-state index contributed by atoms with van der Waals surface area (Å²) in [6.07, 6.45) is 2.75. The van der Waals surface area contributed by atoms with Crippen LogP contribution in [-0.4, -0.2) is 21.7 Å². The molecule has 0 aliphatic carbocycles. The molecule has 0 radical (unpaired) electrons. The fraction of sp³-hybridized carbons (Fsp3) is 0.211. The summed E-state index contributed by atoms with van der Waals surface area (Å²) in [6, 6.07) is 14.6. The fourth-order valence-corrected chi connectivity index (χ4v) is 3.06. The molecule has 1 N–H and O–H groups in total. The predicted molar refractivity (Wildman–Crippen MR) is 96.2 cm³/mol. The van der Waals surface area contributed by atoms with Crippen molar-refractivity contribution >= 4 is 23.1 Å². The van der Waals surface area contributed by atoms with Crippen molar-refractivity contribution < 1.29 is 0 Å². The number of aromatic nitrogens is 3. The van der Waals surface area contributed by atoms with Gasteiger partial charge in [0.05, 0.1) is 6.20 Å². The minimum absolute atomic E-state index is 0.519. The summed E-state index contributed by atoms with van der Waals surface area (Å²) in [4.78, 5) is 6.85. The highest BCUT2D eigenvalue weighted by molar-refractivity contribution is 5.68. The largest absolute Gasteiger partial charge is 0.324 e. The lowest BCUT2D eigenvalue weighted by atomic mass is 10.1. The molecule has 1 aromatic heterocycles. The lowest BCUT2D eigenvalue weighted by Gasteiger charge is -2.18. The molecular weight excluding hydrogens is 298 g/mol. The number of fused-ring (bicyclic) bond motifs is 1. The molecule has 2 heterocycles. The van der Waals surface area contributed by atoms with Gasteiger partial charge in [0.1, 0.15) is 0 Å². The average molecular weight is 317 g/mol. The molecule has 3 aromatic rings. The normalized spacial score (nSPS) is 13.0. The third kappa shape index (κ3) is 2.58. The van der Waals surface area contributed by atoms with Gasteiger partial charge in [-0.05, 0) is 49.1 Å². The summed E-state index contributed by atoms with van der Waals surface area (Å²) in [7, 11) is 0. The number of nitrogens with one attached hydrogen (secondary N) is 1. The smallest absolute Gasteiger partial charge is 0.249 e. The maximum absolute atomic E-state index is 4.66. The van der Waals surface area contributed by atoms with Crippen LogP contribution in [0.1, 0.15) is 16.7 Å². The monoisotopic (exact) mass is 317 g/mol. The average Bonchev–Trinajstić information content (AvgIpc) is 3.03. The first-order valence-electron chi connectivity index (χ1n) is 8.11. The lowest BCUT2D eigenvalue weighted by molar-refractivity contribution is 0.919. The molecule has 1 aliphatic rings. The van der Waals surface area contributed by atoms with Crippen molar-refractivity contribution in [3.8, 4) is 0 Å². The Labute approximate surface area is 141 Å². The Morgan fingerprint density at radius 3 is 2.83 bits per heavy atom. The summed E-state index contributed by atoms with van der Waals surface area (Å²) in [5.41, 5.74) is 5.99. The second-order valence-electron chi connectivity index (χ2n) is 6.04. The molecule has 1 aliphatic heterocycles. The van der Waals surface area contributed by atoms with Gasteiger partial charge in [-0.15, -0.1) is 5.10 Å². The van der Waals surface area contributed by atoms with Crippen LogP contribution in [0.2, 0.25) is 0 Å². The Hall–Kier alpha value is -2.95. The van der Waals surface area contributed by atoms with Gasteiger partial charge in [-0.25, -0.2) is 0 Å². The van der Waals surface area contributed by atoms with Crippen molar-refractivity contribution in [3.05, 3.63) is 65.4 Å². The van der Waals surface area contributed by atoms with E-state index in [1.807, 2.05) is 12.1 Å². The molecular formula is C19H19N5. The molecule has 0 saturated carbocycles. The van der Waals surface area contributed by atoms with Crippen LogP contribution < -0.4 is 10.2 Å². The molecule has 5 heteroatoms.